The Hall–Kier alpha value is -3.25. The summed E-state index contributed by atoms with van der Waals surface area (Å²) in [5, 5.41) is 3.28. The van der Waals surface area contributed by atoms with Crippen molar-refractivity contribution in [3.8, 4) is 5.75 Å². The minimum atomic E-state index is -4.64. The molecule has 1 fully saturated rings. The second-order valence-corrected chi connectivity index (χ2v) is 9.15. The van der Waals surface area contributed by atoms with Gasteiger partial charge in [0.05, 0.1) is 18.2 Å². The summed E-state index contributed by atoms with van der Waals surface area (Å²) in [7, 11) is 1.34. The number of ether oxygens (including phenoxy) is 1. The van der Waals surface area contributed by atoms with Gasteiger partial charge in [0.2, 0.25) is 0 Å². The van der Waals surface area contributed by atoms with Gasteiger partial charge in [-0.05, 0) is 59.8 Å². The lowest BCUT2D eigenvalue weighted by atomic mass is 9.80. The third kappa shape index (κ3) is 4.80. The second-order valence-electron chi connectivity index (χ2n) is 8.37. The molecule has 186 valence electrons. The van der Waals surface area contributed by atoms with Gasteiger partial charge in [-0.15, -0.1) is 0 Å². The Morgan fingerprint density at radius 3 is 2.69 bits per heavy atom. The number of nitrogens with two attached hydrogens (primary N) is 1. The highest BCUT2D eigenvalue weighted by Crippen LogP contribution is 2.42. The van der Waals surface area contributed by atoms with Crippen LogP contribution in [0.5, 0.6) is 5.75 Å². The fraction of sp³-hybridized carbons (Fsp3) is 0.348. The molecule has 1 aliphatic rings. The lowest BCUT2D eigenvalue weighted by Gasteiger charge is -2.28. The van der Waals surface area contributed by atoms with Crippen molar-refractivity contribution in [1.82, 2.24) is 14.3 Å². The van der Waals surface area contributed by atoms with E-state index in [4.69, 9.17) is 10.5 Å². The number of aryl methyl sites for hydroxylation is 1. The lowest BCUT2D eigenvalue weighted by Crippen LogP contribution is -2.37. The summed E-state index contributed by atoms with van der Waals surface area (Å²) in [6.07, 6.45) is -2.76. The summed E-state index contributed by atoms with van der Waals surface area (Å²) >= 11 is 1.17. The molecule has 3 N–H and O–H groups in total. The van der Waals surface area contributed by atoms with Gasteiger partial charge in [0.1, 0.15) is 28.9 Å². The number of hydrogen-bond donors (Lipinski definition) is 2. The van der Waals surface area contributed by atoms with Gasteiger partial charge in [-0.25, -0.2) is 14.2 Å². The molecular formula is C23H23F4N5O2S. The monoisotopic (exact) mass is 509 g/mol. The Morgan fingerprint density at radius 1 is 1.29 bits per heavy atom. The Bertz CT molecular complexity index is 1220. The summed E-state index contributed by atoms with van der Waals surface area (Å²) in [4.78, 5) is 19.0. The highest BCUT2D eigenvalue weighted by atomic mass is 32.1. The molecule has 2 aromatic carbocycles. The van der Waals surface area contributed by atoms with E-state index in [0.717, 1.165) is 6.07 Å². The molecule has 0 bridgehead atoms. The van der Waals surface area contributed by atoms with Gasteiger partial charge in [-0.1, -0.05) is 18.2 Å². The number of methoxy groups -OCH3 is 1. The predicted molar refractivity (Wildman–Crippen MR) is 123 cm³/mol. The molecule has 3 aromatic rings. The fourth-order valence-corrected chi connectivity index (χ4v) is 4.94. The van der Waals surface area contributed by atoms with E-state index in [2.05, 4.69) is 14.7 Å². The third-order valence-corrected chi connectivity index (χ3v) is 7.10. The number of alkyl halides is 3. The van der Waals surface area contributed by atoms with Crippen molar-refractivity contribution in [2.45, 2.75) is 31.0 Å². The number of hydrogen-bond acceptors (Lipinski definition) is 6. The molecule has 2 heterocycles. The zero-order chi connectivity index (χ0) is 25.4. The van der Waals surface area contributed by atoms with E-state index in [9.17, 15) is 22.4 Å². The number of likely N-dealkylation sites (tertiary alicyclic amines) is 1. The maximum atomic E-state index is 14.4. The molecule has 1 saturated heterocycles. The number of aromatic nitrogens is 2. The summed E-state index contributed by atoms with van der Waals surface area (Å²) in [6.45, 7) is 2.16. The third-order valence-electron chi connectivity index (χ3n) is 6.23. The highest BCUT2D eigenvalue weighted by molar-refractivity contribution is 7.05. The quantitative estimate of drug-likeness (QED) is 0.483. The molecule has 1 aliphatic heterocycles. The van der Waals surface area contributed by atoms with Crippen molar-refractivity contribution in [3.63, 3.8) is 0 Å². The summed E-state index contributed by atoms with van der Waals surface area (Å²) in [5.41, 5.74) is 5.58. The van der Waals surface area contributed by atoms with E-state index in [1.165, 1.54) is 48.1 Å². The number of nitrogens with one attached hydrogen (secondary N) is 1. The molecule has 2 amide bonds. The average molecular weight is 510 g/mol. The van der Waals surface area contributed by atoms with Crippen molar-refractivity contribution in [2.24, 2.45) is 5.73 Å². The number of amides is 2. The smallest absolute Gasteiger partial charge is 0.407 e. The zero-order valence-electron chi connectivity index (χ0n) is 18.9. The number of carbonyl (C=O) groups is 1. The molecule has 0 radical (unpaired) electrons. The van der Waals surface area contributed by atoms with E-state index >= 15 is 0 Å². The zero-order valence-corrected chi connectivity index (χ0v) is 19.7. The van der Waals surface area contributed by atoms with E-state index < -0.39 is 23.7 Å². The van der Waals surface area contributed by atoms with Gasteiger partial charge < -0.3 is 20.7 Å². The maximum Gasteiger partial charge on any atom is 0.407 e. The van der Waals surface area contributed by atoms with Gasteiger partial charge in [0, 0.05) is 13.1 Å². The van der Waals surface area contributed by atoms with Gasteiger partial charge in [-0.3, -0.25) is 0 Å². The Kier molecular flexibility index (Phi) is 6.69. The maximum absolute atomic E-state index is 14.4. The van der Waals surface area contributed by atoms with E-state index in [1.807, 2.05) is 6.07 Å². The van der Waals surface area contributed by atoms with Gasteiger partial charge in [-0.2, -0.15) is 17.5 Å². The first-order chi connectivity index (χ1) is 16.5. The Balaban J connectivity index is 1.61. The van der Waals surface area contributed by atoms with Crippen LogP contribution < -0.4 is 15.8 Å². The van der Waals surface area contributed by atoms with Crippen LogP contribution in [0.1, 0.15) is 34.2 Å². The normalized spacial score (nSPS) is 19.0. The minimum absolute atomic E-state index is 0.0597. The molecule has 0 spiro atoms. The van der Waals surface area contributed by atoms with Crippen LogP contribution in [0.3, 0.4) is 0 Å². The number of anilines is 1. The Morgan fingerprint density at radius 2 is 2.06 bits per heavy atom. The fourth-order valence-electron chi connectivity index (χ4n) is 4.19. The number of halogens is 4. The average Bonchev–Trinajstić information content (AvgIpc) is 3.51. The number of rotatable bonds is 5. The summed E-state index contributed by atoms with van der Waals surface area (Å²) in [6, 6.07) is 5.86. The van der Waals surface area contributed by atoms with Crippen LogP contribution in [-0.2, 0) is 5.41 Å². The van der Waals surface area contributed by atoms with Crippen LogP contribution in [0.4, 0.5) is 28.0 Å². The first kappa shape index (κ1) is 24.9. The summed E-state index contributed by atoms with van der Waals surface area (Å²) < 4.78 is 63.0. The SMILES string of the molecule is COc1ccc([C@@H](N)C(F)(F)F)cc1NC(=O)N1CC[C@@](c2ccc(C)c(F)c2)(c2ncns2)C1. The van der Waals surface area contributed by atoms with E-state index in [-0.39, 0.29) is 29.4 Å². The van der Waals surface area contributed by atoms with Crippen LogP contribution >= 0.6 is 11.5 Å². The molecule has 0 aliphatic carbocycles. The molecular weight excluding hydrogens is 486 g/mol. The number of urea groups is 1. The van der Waals surface area contributed by atoms with Crippen LogP contribution in [0.25, 0.3) is 0 Å². The van der Waals surface area contributed by atoms with Crippen molar-refractivity contribution >= 4 is 23.3 Å². The first-order valence-corrected chi connectivity index (χ1v) is 11.4. The standard InChI is InChI=1S/C23H23F4N5O2S/c1-13-3-5-15(10-16(13)24)22(20-29-12-30-35-20)7-8-32(11-22)21(33)31-17-9-14(4-6-18(17)34-2)19(28)23(25,26)27/h3-6,9-10,12,19H,7-8,11,28H2,1-2H3,(H,31,33)/t19-,22-/m1/s1. The first-order valence-electron chi connectivity index (χ1n) is 10.6. The van der Waals surface area contributed by atoms with Gasteiger partial charge in [0.25, 0.3) is 0 Å². The second kappa shape index (κ2) is 9.42. The van der Waals surface area contributed by atoms with Gasteiger partial charge >= 0.3 is 12.2 Å². The highest BCUT2D eigenvalue weighted by Gasteiger charge is 2.45. The van der Waals surface area contributed by atoms with Crippen molar-refractivity contribution < 1.29 is 27.1 Å². The van der Waals surface area contributed by atoms with Crippen molar-refractivity contribution in [1.29, 1.82) is 0 Å². The van der Waals surface area contributed by atoms with Gasteiger partial charge in [0.15, 0.2) is 0 Å². The molecule has 2 atom stereocenters. The number of nitrogens with zero attached hydrogens (tertiary/aromatic N) is 3. The molecule has 4 rings (SSSR count). The van der Waals surface area contributed by atoms with E-state index in [1.54, 1.807) is 13.0 Å². The predicted octanol–water partition coefficient (Wildman–Crippen LogP) is 4.78. The van der Waals surface area contributed by atoms with Crippen LogP contribution in [0.15, 0.2) is 42.7 Å². The number of carbonyl (C=O) groups excluding carboxylic acids is 1. The minimum Gasteiger partial charge on any atom is -0.495 e. The number of benzene rings is 2. The van der Waals surface area contributed by atoms with Crippen LogP contribution in [-0.4, -0.2) is 46.7 Å². The largest absolute Gasteiger partial charge is 0.495 e. The molecule has 0 saturated carbocycles. The lowest BCUT2D eigenvalue weighted by molar-refractivity contribution is -0.149. The molecule has 0 unspecified atom stereocenters. The summed E-state index contributed by atoms with van der Waals surface area (Å²) in [5.74, 6) is -0.177. The molecule has 35 heavy (non-hydrogen) atoms. The topological polar surface area (TPSA) is 93.4 Å². The molecule has 7 nitrogen and oxygen atoms in total. The molecule has 12 heteroatoms. The molecule has 1 aromatic heterocycles. The van der Waals surface area contributed by atoms with E-state index in [0.29, 0.717) is 29.1 Å². The van der Waals surface area contributed by atoms with Crippen LogP contribution in [0.2, 0.25) is 0 Å². The van der Waals surface area contributed by atoms with Crippen molar-refractivity contribution in [2.75, 3.05) is 25.5 Å². The van der Waals surface area contributed by atoms with Crippen molar-refractivity contribution in [3.05, 3.63) is 70.2 Å². The van der Waals surface area contributed by atoms with Crippen LogP contribution in [0, 0.1) is 12.7 Å². The Labute approximate surface area is 203 Å².